The number of phenols is 1. The van der Waals surface area contributed by atoms with E-state index in [4.69, 9.17) is 11.6 Å². The number of fused-ring (bicyclic) bond motifs is 1. The van der Waals surface area contributed by atoms with E-state index in [9.17, 15) is 29.7 Å². The number of aromatic amines is 1. The molecule has 3 aromatic carbocycles. The van der Waals surface area contributed by atoms with E-state index in [1.54, 1.807) is 18.2 Å². The zero-order valence-electron chi connectivity index (χ0n) is 17.8. The smallest absolute Gasteiger partial charge is 0.335 e. The summed E-state index contributed by atoms with van der Waals surface area (Å²) in [6.07, 6.45) is 0. The summed E-state index contributed by atoms with van der Waals surface area (Å²) in [6.45, 7) is 0. The summed E-state index contributed by atoms with van der Waals surface area (Å²) in [7, 11) is 0. The summed E-state index contributed by atoms with van der Waals surface area (Å²) in [5, 5.41) is 30.4. The van der Waals surface area contributed by atoms with Crippen molar-refractivity contribution in [1.29, 1.82) is 0 Å². The number of amides is 1. The van der Waals surface area contributed by atoms with E-state index < -0.39 is 29.5 Å². The number of anilines is 1. The first-order valence-corrected chi connectivity index (χ1v) is 10.7. The Morgan fingerprint density at radius 3 is 2.40 bits per heavy atom. The highest BCUT2D eigenvalue weighted by Crippen LogP contribution is 2.42. The van der Waals surface area contributed by atoms with E-state index in [2.05, 4.69) is 9.97 Å². The molecule has 5 rings (SSSR count). The van der Waals surface area contributed by atoms with Gasteiger partial charge in [0.25, 0.3) is 5.78 Å². The van der Waals surface area contributed by atoms with Gasteiger partial charge in [-0.05, 0) is 48.0 Å². The summed E-state index contributed by atoms with van der Waals surface area (Å²) in [4.78, 5) is 46.1. The number of H-pyrrole nitrogens is 1. The minimum Gasteiger partial charge on any atom is -0.508 e. The van der Waals surface area contributed by atoms with Crippen LogP contribution in [0, 0.1) is 0 Å². The van der Waals surface area contributed by atoms with Crippen LogP contribution in [0.4, 0.5) is 5.95 Å². The highest BCUT2D eigenvalue weighted by atomic mass is 35.5. The first kappa shape index (κ1) is 22.2. The normalized spacial score (nSPS) is 17.3. The van der Waals surface area contributed by atoms with Crippen molar-refractivity contribution in [2.75, 3.05) is 4.90 Å². The number of carbonyl (C=O) groups excluding carboxylic acids is 2. The third-order valence-electron chi connectivity index (χ3n) is 5.70. The summed E-state index contributed by atoms with van der Waals surface area (Å²) < 4.78 is 0. The van der Waals surface area contributed by atoms with Crippen molar-refractivity contribution in [2.45, 2.75) is 6.04 Å². The number of Topliss-reactive ketones (excluding diaryl/α,β-unsaturated/α-hetero) is 1. The maximum Gasteiger partial charge on any atom is 0.335 e. The zero-order chi connectivity index (χ0) is 24.9. The molecular formula is C25H16ClN3O6. The van der Waals surface area contributed by atoms with Gasteiger partial charge in [-0.1, -0.05) is 35.9 Å². The van der Waals surface area contributed by atoms with Crippen LogP contribution in [0.2, 0.25) is 5.02 Å². The number of aromatic carboxylic acids is 1. The van der Waals surface area contributed by atoms with Crippen LogP contribution in [0.1, 0.15) is 27.5 Å². The van der Waals surface area contributed by atoms with Crippen LogP contribution in [-0.2, 0) is 9.59 Å². The van der Waals surface area contributed by atoms with Crippen LogP contribution in [0.25, 0.3) is 16.8 Å². The number of hydrogen-bond donors (Lipinski definition) is 4. The number of aromatic hydroxyl groups is 1. The molecule has 1 aromatic heterocycles. The molecule has 1 amide bonds. The lowest BCUT2D eigenvalue weighted by molar-refractivity contribution is -0.132. The zero-order valence-corrected chi connectivity index (χ0v) is 18.5. The summed E-state index contributed by atoms with van der Waals surface area (Å²) in [6, 6.07) is 15.2. The second-order valence-corrected chi connectivity index (χ2v) is 8.30. The fourth-order valence-corrected chi connectivity index (χ4v) is 4.25. The minimum absolute atomic E-state index is 0.00661. The SMILES string of the molecule is O=C1C(=O)N(c2nc3ccc(C(=O)O)cc3[nH]2)C(c2ccc(O)cc2)/C1=C(\O)c1cccc(Cl)c1. The molecule has 4 N–H and O–H groups in total. The Bertz CT molecular complexity index is 1560. The van der Waals surface area contributed by atoms with Gasteiger partial charge >= 0.3 is 11.9 Å². The summed E-state index contributed by atoms with van der Waals surface area (Å²) in [5.74, 6) is -3.46. The molecule has 0 aliphatic carbocycles. The van der Waals surface area contributed by atoms with E-state index in [0.717, 1.165) is 4.90 Å². The highest BCUT2D eigenvalue weighted by molar-refractivity contribution is 6.51. The number of imidazole rings is 1. The number of phenolic OH excluding ortho intramolecular Hbond substituents is 1. The molecule has 1 fully saturated rings. The van der Waals surface area contributed by atoms with Gasteiger partial charge < -0.3 is 20.3 Å². The van der Waals surface area contributed by atoms with E-state index in [-0.39, 0.29) is 28.4 Å². The van der Waals surface area contributed by atoms with E-state index >= 15 is 0 Å². The van der Waals surface area contributed by atoms with Crippen molar-refractivity contribution in [3.8, 4) is 5.75 Å². The van der Waals surface area contributed by atoms with Gasteiger partial charge in [0.15, 0.2) is 0 Å². The maximum atomic E-state index is 13.2. The third kappa shape index (κ3) is 3.77. The number of nitrogens with zero attached hydrogens (tertiary/aromatic N) is 2. The standard InChI is InChI=1S/C25H16ClN3O6/c26-15-3-1-2-13(10-15)21(31)19-20(12-4-7-16(30)8-5-12)29(23(33)22(19)32)25-27-17-9-6-14(24(34)35)11-18(17)28-25/h1-11,20,30-31H,(H,27,28)(H,34,35)/b21-19+. The van der Waals surface area contributed by atoms with Gasteiger partial charge in [-0.3, -0.25) is 14.5 Å². The predicted molar refractivity (Wildman–Crippen MR) is 127 cm³/mol. The van der Waals surface area contributed by atoms with Gasteiger partial charge in [0.2, 0.25) is 5.95 Å². The molecule has 10 heteroatoms. The Hall–Kier alpha value is -4.63. The minimum atomic E-state index is -1.13. The largest absolute Gasteiger partial charge is 0.508 e. The highest BCUT2D eigenvalue weighted by Gasteiger charge is 2.48. The molecule has 0 saturated carbocycles. The number of rotatable bonds is 4. The molecule has 0 bridgehead atoms. The number of nitrogens with one attached hydrogen (secondary N) is 1. The number of aliphatic hydroxyl groups excluding tert-OH is 1. The van der Waals surface area contributed by atoms with Gasteiger partial charge in [-0.15, -0.1) is 0 Å². The molecule has 1 aliphatic rings. The van der Waals surface area contributed by atoms with Crippen molar-refractivity contribution in [3.63, 3.8) is 0 Å². The Balaban J connectivity index is 1.72. The number of carbonyl (C=O) groups is 3. The van der Waals surface area contributed by atoms with Crippen molar-refractivity contribution < 1.29 is 29.7 Å². The lowest BCUT2D eigenvalue weighted by Crippen LogP contribution is -2.30. The van der Waals surface area contributed by atoms with Crippen molar-refractivity contribution in [3.05, 3.63) is 94.0 Å². The molecule has 35 heavy (non-hydrogen) atoms. The Kier molecular flexibility index (Phi) is 5.26. The van der Waals surface area contributed by atoms with Crippen LogP contribution >= 0.6 is 11.6 Å². The molecular weight excluding hydrogens is 474 g/mol. The lowest BCUT2D eigenvalue weighted by atomic mass is 9.95. The Labute approximate surface area is 202 Å². The molecule has 9 nitrogen and oxygen atoms in total. The number of carboxylic acid groups (broad SMARTS) is 1. The number of aromatic nitrogens is 2. The maximum absolute atomic E-state index is 13.2. The number of halogens is 1. The number of benzene rings is 3. The molecule has 4 aromatic rings. The van der Waals surface area contributed by atoms with Gasteiger partial charge in [-0.25, -0.2) is 9.78 Å². The fourth-order valence-electron chi connectivity index (χ4n) is 4.06. The topological polar surface area (TPSA) is 144 Å². The summed E-state index contributed by atoms with van der Waals surface area (Å²) in [5.41, 5.74) is 1.24. The first-order valence-electron chi connectivity index (χ1n) is 10.3. The number of aliphatic hydroxyl groups is 1. The van der Waals surface area contributed by atoms with Gasteiger partial charge in [0.05, 0.1) is 28.2 Å². The van der Waals surface area contributed by atoms with Crippen molar-refractivity contribution >= 4 is 52.0 Å². The third-order valence-corrected chi connectivity index (χ3v) is 5.93. The number of carboxylic acids is 1. The predicted octanol–water partition coefficient (Wildman–Crippen LogP) is 4.25. The first-order chi connectivity index (χ1) is 16.7. The van der Waals surface area contributed by atoms with Gasteiger partial charge in [-0.2, -0.15) is 0 Å². The average Bonchev–Trinajstić information content (AvgIpc) is 3.37. The number of ketones is 1. The van der Waals surface area contributed by atoms with Crippen molar-refractivity contribution in [2.24, 2.45) is 0 Å². The molecule has 1 unspecified atom stereocenters. The van der Waals surface area contributed by atoms with E-state index in [1.165, 1.54) is 48.5 Å². The van der Waals surface area contributed by atoms with Crippen LogP contribution in [0.3, 0.4) is 0 Å². The van der Waals surface area contributed by atoms with Crippen LogP contribution in [-0.4, -0.2) is 42.9 Å². The second-order valence-electron chi connectivity index (χ2n) is 7.87. The van der Waals surface area contributed by atoms with E-state index in [0.29, 0.717) is 21.6 Å². The molecule has 2 heterocycles. The van der Waals surface area contributed by atoms with Crippen LogP contribution in [0.5, 0.6) is 5.75 Å². The average molecular weight is 490 g/mol. The molecule has 174 valence electrons. The van der Waals surface area contributed by atoms with Gasteiger partial charge in [0.1, 0.15) is 11.5 Å². The van der Waals surface area contributed by atoms with E-state index in [1.807, 2.05) is 0 Å². The van der Waals surface area contributed by atoms with Gasteiger partial charge in [0, 0.05) is 10.6 Å². The molecule has 1 atom stereocenters. The molecule has 0 radical (unpaired) electrons. The monoisotopic (exact) mass is 489 g/mol. The molecule has 1 aliphatic heterocycles. The lowest BCUT2D eigenvalue weighted by Gasteiger charge is -2.23. The number of hydrogen-bond acceptors (Lipinski definition) is 6. The Morgan fingerprint density at radius 1 is 0.971 bits per heavy atom. The second kappa shape index (κ2) is 8.30. The Morgan fingerprint density at radius 2 is 1.71 bits per heavy atom. The fraction of sp³-hybridized carbons (Fsp3) is 0.0400. The molecule has 1 saturated heterocycles. The summed E-state index contributed by atoms with van der Waals surface area (Å²) >= 11 is 6.06. The van der Waals surface area contributed by atoms with Crippen LogP contribution in [0.15, 0.2) is 72.3 Å². The molecule has 0 spiro atoms. The van der Waals surface area contributed by atoms with Crippen molar-refractivity contribution in [1.82, 2.24) is 9.97 Å². The quantitative estimate of drug-likeness (QED) is 0.190. The van der Waals surface area contributed by atoms with Crippen LogP contribution < -0.4 is 4.90 Å².